The molecule has 1 aromatic rings. The molecule has 0 bridgehead atoms. The van der Waals surface area contributed by atoms with Gasteiger partial charge in [-0.1, -0.05) is 23.9 Å². The number of rotatable bonds is 5. The molecule has 0 fully saturated rings. The van der Waals surface area contributed by atoms with Crippen molar-refractivity contribution in [3.05, 3.63) is 40.8 Å². The van der Waals surface area contributed by atoms with E-state index in [2.05, 4.69) is 9.47 Å². The summed E-state index contributed by atoms with van der Waals surface area (Å²) in [5, 5.41) is 0. The summed E-state index contributed by atoms with van der Waals surface area (Å²) in [6, 6.07) is 6.49. The average molecular weight is 310 g/mol. The van der Waals surface area contributed by atoms with Crippen molar-refractivity contribution in [1.29, 1.82) is 0 Å². The minimum atomic E-state index is -0.714. The molecule has 1 rings (SSSR count). The fraction of sp³-hybridized carbons (Fsp3) is 0.154. The summed E-state index contributed by atoms with van der Waals surface area (Å²) in [5.41, 5.74) is 2.28. The van der Waals surface area contributed by atoms with Crippen molar-refractivity contribution in [3.8, 4) is 0 Å². The van der Waals surface area contributed by atoms with Gasteiger partial charge in [0, 0.05) is 11.0 Å². The van der Waals surface area contributed by atoms with Crippen molar-refractivity contribution in [2.24, 2.45) is 5.84 Å². The van der Waals surface area contributed by atoms with Gasteiger partial charge in [0.05, 0.1) is 19.8 Å². The summed E-state index contributed by atoms with van der Waals surface area (Å²) in [6.07, 6.45) is 0.994. The molecule has 0 unspecified atom stereocenters. The summed E-state index contributed by atoms with van der Waals surface area (Å²) < 4.78 is 9.07. The minimum Gasteiger partial charge on any atom is -0.466 e. The third-order valence-electron chi connectivity index (χ3n) is 2.32. The van der Waals surface area contributed by atoms with Crippen LogP contribution < -0.4 is 11.3 Å². The van der Waals surface area contributed by atoms with Crippen molar-refractivity contribution in [2.75, 3.05) is 14.2 Å². The van der Waals surface area contributed by atoms with E-state index in [0.29, 0.717) is 4.90 Å². The normalized spacial score (nSPS) is 10.7. The van der Waals surface area contributed by atoms with Crippen LogP contribution in [-0.2, 0) is 19.1 Å². The van der Waals surface area contributed by atoms with E-state index in [1.165, 1.54) is 20.3 Å². The first-order valence-electron chi connectivity index (χ1n) is 5.69. The molecule has 0 aliphatic rings. The van der Waals surface area contributed by atoms with Crippen LogP contribution in [0.2, 0.25) is 0 Å². The van der Waals surface area contributed by atoms with E-state index in [1.54, 1.807) is 18.2 Å². The Balaban J connectivity index is 3.16. The number of nitrogens with two attached hydrogens (primary N) is 1. The fourth-order valence-corrected chi connectivity index (χ4v) is 2.31. The largest absolute Gasteiger partial charge is 0.466 e. The number of nitrogen functional groups attached to an aromatic ring is 1. The van der Waals surface area contributed by atoms with E-state index in [0.717, 1.165) is 17.8 Å². The molecule has 0 spiro atoms. The molecule has 0 radical (unpaired) electrons. The molecule has 0 aliphatic carbocycles. The zero-order valence-electron chi connectivity index (χ0n) is 11.4. The Hall–Kier alpha value is -2.32. The maximum atomic E-state index is 11.7. The zero-order chi connectivity index (χ0) is 15.8. The Morgan fingerprint density at radius 2 is 1.86 bits per heavy atom. The number of esters is 2. The lowest BCUT2D eigenvalue weighted by Crippen LogP contribution is -2.30. The topological polar surface area (TPSA) is 108 Å². The molecule has 112 valence electrons. The number of ether oxygens (including phenoxy) is 2. The number of hydrogen-bond donors (Lipinski definition) is 2. The Bertz CT molecular complexity index is 586. The number of thioether (sulfide) groups is 1. The number of carbonyl (C=O) groups is 3. The second-order valence-electron chi connectivity index (χ2n) is 3.60. The van der Waals surface area contributed by atoms with Gasteiger partial charge in [-0.3, -0.25) is 10.2 Å². The summed E-state index contributed by atoms with van der Waals surface area (Å²) >= 11 is 0.905. The van der Waals surface area contributed by atoms with Gasteiger partial charge in [0.2, 0.25) is 0 Å². The number of nitrogens with one attached hydrogen (secondary N) is 1. The van der Waals surface area contributed by atoms with Gasteiger partial charge in [-0.15, -0.1) is 0 Å². The maximum absolute atomic E-state index is 11.7. The van der Waals surface area contributed by atoms with Crippen LogP contribution >= 0.6 is 11.8 Å². The second-order valence-corrected chi connectivity index (χ2v) is 4.68. The summed E-state index contributed by atoms with van der Waals surface area (Å²) in [6.45, 7) is 0. The highest BCUT2D eigenvalue weighted by Gasteiger charge is 2.18. The average Bonchev–Trinajstić information content (AvgIpc) is 2.52. The van der Waals surface area contributed by atoms with Crippen molar-refractivity contribution in [3.63, 3.8) is 0 Å². The quantitative estimate of drug-likeness (QED) is 0.205. The van der Waals surface area contributed by atoms with Crippen LogP contribution in [0.5, 0.6) is 0 Å². The third kappa shape index (κ3) is 4.62. The van der Waals surface area contributed by atoms with Gasteiger partial charge in [0.1, 0.15) is 4.91 Å². The molecule has 1 amide bonds. The van der Waals surface area contributed by atoms with E-state index in [-0.39, 0.29) is 10.5 Å². The highest BCUT2D eigenvalue weighted by molar-refractivity contribution is 8.04. The summed E-state index contributed by atoms with van der Waals surface area (Å²) in [7, 11) is 2.38. The molecule has 3 N–H and O–H groups in total. The first kappa shape index (κ1) is 16.7. The number of carbonyl (C=O) groups excluding carboxylic acids is 3. The lowest BCUT2D eigenvalue weighted by atomic mass is 10.2. The lowest BCUT2D eigenvalue weighted by Gasteiger charge is -2.09. The van der Waals surface area contributed by atoms with Gasteiger partial charge in [0.15, 0.2) is 0 Å². The van der Waals surface area contributed by atoms with E-state index in [1.807, 2.05) is 5.43 Å². The molecule has 0 heterocycles. The van der Waals surface area contributed by atoms with Crippen molar-refractivity contribution in [2.45, 2.75) is 4.90 Å². The number of hydrogen-bond acceptors (Lipinski definition) is 7. The van der Waals surface area contributed by atoms with E-state index >= 15 is 0 Å². The molecule has 0 saturated heterocycles. The van der Waals surface area contributed by atoms with Crippen LogP contribution in [0.1, 0.15) is 10.4 Å². The van der Waals surface area contributed by atoms with Crippen LogP contribution in [0.3, 0.4) is 0 Å². The molecule has 21 heavy (non-hydrogen) atoms. The molecule has 0 aliphatic heterocycles. The van der Waals surface area contributed by atoms with Crippen LogP contribution in [0.15, 0.2) is 40.1 Å². The van der Waals surface area contributed by atoms with Crippen molar-refractivity contribution < 1.29 is 23.9 Å². The van der Waals surface area contributed by atoms with E-state index in [9.17, 15) is 14.4 Å². The number of hydrazine groups is 1. The maximum Gasteiger partial charge on any atom is 0.344 e. The van der Waals surface area contributed by atoms with Gasteiger partial charge >= 0.3 is 11.9 Å². The SMILES string of the molecule is COC(=O)/C=C(/Sc1ccccc1C(=O)NN)C(=O)OC. The number of amides is 1. The molecule has 8 heteroatoms. The van der Waals surface area contributed by atoms with Crippen LogP contribution in [0.4, 0.5) is 0 Å². The van der Waals surface area contributed by atoms with Gasteiger partial charge in [-0.25, -0.2) is 15.4 Å². The standard InChI is InChI=1S/C13H14N2O5S/c1-19-11(16)7-10(13(18)20-2)21-9-6-4-3-5-8(9)12(17)15-14/h3-7H,14H2,1-2H3,(H,15,17)/b10-7+. The second kappa shape index (κ2) is 8.08. The molecule has 1 aromatic carbocycles. The van der Waals surface area contributed by atoms with Gasteiger partial charge in [-0.05, 0) is 12.1 Å². The number of methoxy groups -OCH3 is 2. The predicted octanol–water partition coefficient (Wildman–Crippen LogP) is 0.612. The zero-order valence-corrected chi connectivity index (χ0v) is 12.2. The van der Waals surface area contributed by atoms with Crippen molar-refractivity contribution >= 4 is 29.6 Å². The molecular formula is C13H14N2O5S. The third-order valence-corrected chi connectivity index (χ3v) is 3.40. The summed E-state index contributed by atoms with van der Waals surface area (Å²) in [5.74, 6) is 3.17. The van der Waals surface area contributed by atoms with E-state index in [4.69, 9.17) is 5.84 Å². The Kier molecular flexibility index (Phi) is 6.44. The van der Waals surface area contributed by atoms with Crippen LogP contribution in [0.25, 0.3) is 0 Å². The first-order valence-corrected chi connectivity index (χ1v) is 6.51. The molecule has 0 atom stereocenters. The minimum absolute atomic E-state index is 0.0124. The number of benzene rings is 1. The Morgan fingerprint density at radius 3 is 2.43 bits per heavy atom. The van der Waals surface area contributed by atoms with Crippen LogP contribution in [-0.4, -0.2) is 32.1 Å². The summed E-state index contributed by atoms with van der Waals surface area (Å²) in [4.78, 5) is 35.1. The van der Waals surface area contributed by atoms with Gasteiger partial charge in [0.25, 0.3) is 5.91 Å². The molecule has 0 saturated carbocycles. The molecule has 7 nitrogen and oxygen atoms in total. The Morgan fingerprint density at radius 1 is 1.19 bits per heavy atom. The van der Waals surface area contributed by atoms with E-state index < -0.39 is 17.8 Å². The predicted molar refractivity (Wildman–Crippen MR) is 76.1 cm³/mol. The first-order chi connectivity index (χ1) is 10.0. The molecule has 0 aromatic heterocycles. The molecular weight excluding hydrogens is 296 g/mol. The van der Waals surface area contributed by atoms with Crippen molar-refractivity contribution in [1.82, 2.24) is 5.43 Å². The smallest absolute Gasteiger partial charge is 0.344 e. The lowest BCUT2D eigenvalue weighted by molar-refractivity contribution is -0.137. The highest BCUT2D eigenvalue weighted by Crippen LogP contribution is 2.30. The van der Waals surface area contributed by atoms with Crippen LogP contribution in [0, 0.1) is 0 Å². The fourth-order valence-electron chi connectivity index (χ4n) is 1.34. The van der Waals surface area contributed by atoms with Gasteiger partial charge in [-0.2, -0.15) is 0 Å². The highest BCUT2D eigenvalue weighted by atomic mass is 32.2. The monoisotopic (exact) mass is 310 g/mol. The Labute approximate surface area is 125 Å². The van der Waals surface area contributed by atoms with Gasteiger partial charge < -0.3 is 9.47 Å².